The quantitative estimate of drug-likeness (QED) is 0.774. The van der Waals surface area contributed by atoms with Gasteiger partial charge in [0, 0.05) is 4.47 Å². The fraction of sp³-hybridized carbons (Fsp3) is 0.133. The molecule has 2 aromatic carbocycles. The van der Waals surface area contributed by atoms with E-state index >= 15 is 0 Å². The predicted molar refractivity (Wildman–Crippen MR) is 81.9 cm³/mol. The lowest BCUT2D eigenvalue weighted by Gasteiger charge is -2.18. The number of hydrogen-bond donors (Lipinski definition) is 2. The van der Waals surface area contributed by atoms with E-state index in [4.69, 9.17) is 4.42 Å². The van der Waals surface area contributed by atoms with Gasteiger partial charge in [-0.3, -0.25) is 4.98 Å². The minimum Gasteiger partial charge on any atom is -0.408 e. The molecule has 1 heterocycles. The van der Waals surface area contributed by atoms with Gasteiger partial charge in [-0.1, -0.05) is 40.2 Å². The van der Waals surface area contributed by atoms with Gasteiger partial charge in [0.2, 0.25) is 0 Å². The highest BCUT2D eigenvalue weighted by atomic mass is 79.9. The minimum absolute atomic E-state index is 0.0233. The van der Waals surface area contributed by atoms with E-state index in [1.807, 2.05) is 43.4 Å². The number of nitrogens with one attached hydrogen (secondary N) is 2. The topological polar surface area (TPSA) is 58.0 Å². The molecule has 102 valence electrons. The van der Waals surface area contributed by atoms with Crippen molar-refractivity contribution < 1.29 is 4.42 Å². The van der Waals surface area contributed by atoms with E-state index in [1.165, 1.54) is 0 Å². The van der Waals surface area contributed by atoms with Crippen LogP contribution in [0.1, 0.15) is 17.2 Å². The first-order valence-electron chi connectivity index (χ1n) is 6.23. The summed E-state index contributed by atoms with van der Waals surface area (Å²) in [6.07, 6.45) is 0. The summed E-state index contributed by atoms with van der Waals surface area (Å²) in [4.78, 5) is 13.9. The van der Waals surface area contributed by atoms with Crippen molar-refractivity contribution >= 4 is 27.0 Å². The Morgan fingerprint density at radius 1 is 1.25 bits per heavy atom. The van der Waals surface area contributed by atoms with Gasteiger partial charge >= 0.3 is 5.76 Å². The maximum Gasteiger partial charge on any atom is 0.417 e. The standard InChI is InChI=1S/C15H13BrN2O2/c1-17-14(10-4-2-3-5-11(10)16)9-6-7-12-13(8-9)20-15(19)18-12/h2-8,14,17H,1H3,(H,18,19). The molecular formula is C15H13BrN2O2. The van der Waals surface area contributed by atoms with Crippen molar-refractivity contribution in [1.29, 1.82) is 0 Å². The summed E-state index contributed by atoms with van der Waals surface area (Å²) in [5, 5.41) is 3.29. The van der Waals surface area contributed by atoms with Gasteiger partial charge in [0.15, 0.2) is 5.58 Å². The first-order chi connectivity index (χ1) is 9.69. The van der Waals surface area contributed by atoms with E-state index in [0.29, 0.717) is 11.1 Å². The summed E-state index contributed by atoms with van der Waals surface area (Å²) < 4.78 is 6.16. The van der Waals surface area contributed by atoms with Crippen LogP contribution >= 0.6 is 15.9 Å². The molecule has 0 aliphatic rings. The number of aromatic amines is 1. The fourth-order valence-corrected chi connectivity index (χ4v) is 2.87. The van der Waals surface area contributed by atoms with E-state index in [-0.39, 0.29) is 6.04 Å². The molecule has 3 aromatic rings. The van der Waals surface area contributed by atoms with Crippen molar-refractivity contribution in [3.05, 3.63) is 68.6 Å². The van der Waals surface area contributed by atoms with E-state index in [2.05, 4.69) is 32.3 Å². The Morgan fingerprint density at radius 3 is 2.80 bits per heavy atom. The van der Waals surface area contributed by atoms with Crippen molar-refractivity contribution in [3.8, 4) is 0 Å². The molecule has 20 heavy (non-hydrogen) atoms. The summed E-state index contributed by atoms with van der Waals surface area (Å²) in [7, 11) is 1.90. The van der Waals surface area contributed by atoms with Gasteiger partial charge in [0.05, 0.1) is 11.6 Å². The lowest BCUT2D eigenvalue weighted by molar-refractivity contribution is 0.554. The number of benzene rings is 2. The number of oxazole rings is 1. The van der Waals surface area contributed by atoms with Gasteiger partial charge in [-0.25, -0.2) is 4.79 Å². The number of rotatable bonds is 3. The van der Waals surface area contributed by atoms with Gasteiger partial charge in [-0.15, -0.1) is 0 Å². The van der Waals surface area contributed by atoms with E-state index < -0.39 is 5.76 Å². The van der Waals surface area contributed by atoms with Gasteiger partial charge in [0.1, 0.15) is 0 Å². The normalized spacial score (nSPS) is 12.7. The lowest BCUT2D eigenvalue weighted by Crippen LogP contribution is -2.18. The number of aromatic nitrogens is 1. The van der Waals surface area contributed by atoms with Crippen molar-refractivity contribution in [2.24, 2.45) is 0 Å². The monoisotopic (exact) mass is 332 g/mol. The molecule has 4 nitrogen and oxygen atoms in total. The highest BCUT2D eigenvalue weighted by molar-refractivity contribution is 9.10. The number of hydrogen-bond acceptors (Lipinski definition) is 3. The summed E-state index contributed by atoms with van der Waals surface area (Å²) >= 11 is 3.57. The summed E-state index contributed by atoms with van der Waals surface area (Å²) in [5.41, 5.74) is 3.45. The molecule has 0 aliphatic carbocycles. The molecule has 5 heteroatoms. The molecule has 0 spiro atoms. The van der Waals surface area contributed by atoms with Crippen LogP contribution in [0.25, 0.3) is 11.1 Å². The Hall–Kier alpha value is -1.85. The summed E-state index contributed by atoms with van der Waals surface area (Å²) in [5.74, 6) is -0.431. The molecule has 0 amide bonds. The number of halogens is 1. The second-order valence-corrected chi connectivity index (χ2v) is 5.37. The van der Waals surface area contributed by atoms with E-state index in [0.717, 1.165) is 15.6 Å². The number of fused-ring (bicyclic) bond motifs is 1. The fourth-order valence-electron chi connectivity index (χ4n) is 2.35. The molecule has 0 fully saturated rings. The van der Waals surface area contributed by atoms with Crippen molar-refractivity contribution in [1.82, 2.24) is 10.3 Å². The molecule has 0 aliphatic heterocycles. The molecule has 0 radical (unpaired) electrons. The highest BCUT2D eigenvalue weighted by Gasteiger charge is 2.15. The van der Waals surface area contributed by atoms with E-state index in [1.54, 1.807) is 0 Å². The second kappa shape index (κ2) is 5.26. The Labute approximate surface area is 123 Å². The van der Waals surface area contributed by atoms with Gasteiger partial charge in [0.25, 0.3) is 0 Å². The number of H-pyrrole nitrogens is 1. The maximum atomic E-state index is 11.2. The van der Waals surface area contributed by atoms with Crippen LogP contribution in [-0.4, -0.2) is 12.0 Å². The van der Waals surface area contributed by atoms with Crippen LogP contribution in [0.15, 0.2) is 56.1 Å². The zero-order valence-corrected chi connectivity index (χ0v) is 12.4. The molecule has 1 aromatic heterocycles. The van der Waals surface area contributed by atoms with Crippen LogP contribution in [0.5, 0.6) is 0 Å². The third-order valence-corrected chi connectivity index (χ3v) is 4.01. The molecular weight excluding hydrogens is 320 g/mol. The maximum absolute atomic E-state index is 11.2. The predicted octanol–water partition coefficient (Wildman–Crippen LogP) is 3.19. The van der Waals surface area contributed by atoms with Gasteiger partial charge < -0.3 is 9.73 Å². The highest BCUT2D eigenvalue weighted by Crippen LogP contribution is 2.29. The van der Waals surface area contributed by atoms with Crippen molar-refractivity contribution in [2.45, 2.75) is 6.04 Å². The van der Waals surface area contributed by atoms with Crippen molar-refractivity contribution in [3.63, 3.8) is 0 Å². The Morgan fingerprint density at radius 2 is 2.05 bits per heavy atom. The minimum atomic E-state index is -0.431. The summed E-state index contributed by atoms with van der Waals surface area (Å²) in [6, 6.07) is 13.8. The van der Waals surface area contributed by atoms with E-state index in [9.17, 15) is 4.79 Å². The molecule has 1 unspecified atom stereocenters. The van der Waals surface area contributed by atoms with Gasteiger partial charge in [-0.2, -0.15) is 0 Å². The Bertz CT molecular complexity index is 807. The zero-order valence-electron chi connectivity index (χ0n) is 10.8. The average Bonchev–Trinajstić information content (AvgIpc) is 2.81. The molecule has 3 rings (SSSR count). The molecule has 2 N–H and O–H groups in total. The lowest BCUT2D eigenvalue weighted by atomic mass is 9.98. The molecule has 0 saturated carbocycles. The van der Waals surface area contributed by atoms with Crippen LogP contribution < -0.4 is 11.1 Å². The second-order valence-electron chi connectivity index (χ2n) is 4.51. The summed E-state index contributed by atoms with van der Waals surface area (Å²) in [6.45, 7) is 0. The van der Waals surface area contributed by atoms with Crippen molar-refractivity contribution in [2.75, 3.05) is 7.05 Å². The molecule has 0 saturated heterocycles. The first kappa shape index (κ1) is 13.1. The van der Waals surface area contributed by atoms with Crippen LogP contribution in [0.4, 0.5) is 0 Å². The van der Waals surface area contributed by atoms with Crippen LogP contribution in [-0.2, 0) is 0 Å². The molecule has 0 bridgehead atoms. The SMILES string of the molecule is CNC(c1ccc2[nH]c(=O)oc2c1)c1ccccc1Br. The zero-order chi connectivity index (χ0) is 14.1. The average molecular weight is 333 g/mol. The van der Waals surface area contributed by atoms with Crippen LogP contribution in [0.3, 0.4) is 0 Å². The third-order valence-electron chi connectivity index (χ3n) is 3.28. The Balaban J connectivity index is 2.11. The largest absolute Gasteiger partial charge is 0.417 e. The van der Waals surface area contributed by atoms with Crippen LogP contribution in [0.2, 0.25) is 0 Å². The van der Waals surface area contributed by atoms with Gasteiger partial charge in [-0.05, 0) is 36.4 Å². The van der Waals surface area contributed by atoms with Crippen LogP contribution in [0, 0.1) is 0 Å². The Kier molecular flexibility index (Phi) is 3.46. The smallest absolute Gasteiger partial charge is 0.408 e. The first-order valence-corrected chi connectivity index (χ1v) is 7.03. The molecule has 1 atom stereocenters. The third kappa shape index (κ3) is 2.30.